The molecule has 0 aromatic heterocycles. The van der Waals surface area contributed by atoms with Crippen LogP contribution in [0.4, 0.5) is 21.0 Å². The summed E-state index contributed by atoms with van der Waals surface area (Å²) in [6.07, 6.45) is 0. The topological polar surface area (TPSA) is 70.2 Å². The quantitative estimate of drug-likeness (QED) is 0.449. The van der Waals surface area contributed by atoms with Crippen molar-refractivity contribution in [1.29, 1.82) is 0 Å². The summed E-state index contributed by atoms with van der Waals surface area (Å²) < 4.78 is 0. The summed E-state index contributed by atoms with van der Waals surface area (Å²) in [6.45, 7) is 16.7. The molecule has 0 saturated carbocycles. The second-order valence-corrected chi connectivity index (χ2v) is 9.27. The monoisotopic (exact) mass is 423 g/mol. The number of imide groups is 1. The Labute approximate surface area is 187 Å². The summed E-state index contributed by atoms with van der Waals surface area (Å²) in [4.78, 5) is 25.4. The number of hydrogen-bond donors (Lipinski definition) is 3. The molecule has 3 N–H and O–H groups in total. The lowest BCUT2D eigenvalue weighted by Gasteiger charge is -2.21. The summed E-state index contributed by atoms with van der Waals surface area (Å²) in [5, 5.41) is 8.29. The van der Waals surface area contributed by atoms with Gasteiger partial charge in [0, 0.05) is 11.4 Å². The number of anilines is 2. The zero-order valence-electron chi connectivity index (χ0n) is 20.1. The third-order valence-corrected chi connectivity index (χ3v) is 5.45. The van der Waals surface area contributed by atoms with Crippen LogP contribution in [0, 0.1) is 0 Å². The highest BCUT2D eigenvalue weighted by atomic mass is 16.2. The maximum absolute atomic E-state index is 12.7. The van der Waals surface area contributed by atoms with E-state index in [9.17, 15) is 9.59 Å². The fourth-order valence-corrected chi connectivity index (χ4v) is 3.78. The van der Waals surface area contributed by atoms with Gasteiger partial charge in [-0.1, -0.05) is 91.8 Å². The molecule has 5 heteroatoms. The first-order chi connectivity index (χ1) is 14.5. The largest absolute Gasteiger partial charge is 0.327 e. The van der Waals surface area contributed by atoms with Crippen LogP contribution >= 0.6 is 0 Å². The molecule has 0 spiro atoms. The lowest BCUT2D eigenvalue weighted by molar-refractivity contribution is 0.240. The molecular formula is C26H37N3O2. The first kappa shape index (κ1) is 24.4. The summed E-state index contributed by atoms with van der Waals surface area (Å²) in [7, 11) is 0. The number of carbonyl (C=O) groups is 2. The Morgan fingerprint density at radius 2 is 0.806 bits per heavy atom. The van der Waals surface area contributed by atoms with E-state index in [2.05, 4.69) is 71.3 Å². The molecule has 0 heterocycles. The normalized spacial score (nSPS) is 11.4. The van der Waals surface area contributed by atoms with Gasteiger partial charge in [-0.3, -0.25) is 5.32 Å². The molecule has 2 aromatic carbocycles. The number of hydrogen-bond acceptors (Lipinski definition) is 2. The van der Waals surface area contributed by atoms with Crippen LogP contribution in [0.15, 0.2) is 36.4 Å². The number of benzene rings is 2. The Bertz CT molecular complexity index is 802. The molecule has 0 aliphatic carbocycles. The maximum atomic E-state index is 12.7. The molecule has 0 fully saturated rings. The molecule has 5 nitrogen and oxygen atoms in total. The van der Waals surface area contributed by atoms with Crippen molar-refractivity contribution in [2.24, 2.45) is 0 Å². The standard InChI is InChI=1S/C26H37N3O2/c1-15(2)19-11-9-12-20(16(3)4)23(19)27-25(30)29-26(31)28-24-21(17(5)6)13-10-14-22(24)18(7)8/h9-18H,1-8H3,(H3,27,28,29,30,31). The Balaban J connectivity index is 2.24. The summed E-state index contributed by atoms with van der Waals surface area (Å²) in [6, 6.07) is 11.0. The molecule has 4 amide bonds. The van der Waals surface area contributed by atoms with Gasteiger partial charge in [-0.15, -0.1) is 0 Å². The fraction of sp³-hybridized carbons (Fsp3) is 0.462. The average Bonchev–Trinajstić information content (AvgIpc) is 2.67. The van der Waals surface area contributed by atoms with Crippen LogP contribution < -0.4 is 16.0 Å². The third kappa shape index (κ3) is 6.09. The Hall–Kier alpha value is -2.82. The van der Waals surface area contributed by atoms with Gasteiger partial charge in [0.25, 0.3) is 0 Å². The zero-order valence-corrected chi connectivity index (χ0v) is 20.1. The maximum Gasteiger partial charge on any atom is 0.327 e. The number of nitrogens with one attached hydrogen (secondary N) is 3. The van der Waals surface area contributed by atoms with Crippen molar-refractivity contribution < 1.29 is 9.59 Å². The average molecular weight is 424 g/mol. The molecule has 31 heavy (non-hydrogen) atoms. The highest BCUT2D eigenvalue weighted by Gasteiger charge is 2.19. The number of carbonyl (C=O) groups excluding carboxylic acids is 2. The molecule has 2 aromatic rings. The van der Waals surface area contributed by atoms with Gasteiger partial charge in [0.1, 0.15) is 0 Å². The van der Waals surface area contributed by atoms with E-state index >= 15 is 0 Å². The van der Waals surface area contributed by atoms with Gasteiger partial charge in [0.15, 0.2) is 0 Å². The van der Waals surface area contributed by atoms with Crippen LogP contribution in [-0.4, -0.2) is 12.1 Å². The minimum atomic E-state index is -0.541. The van der Waals surface area contributed by atoms with E-state index in [0.717, 1.165) is 33.6 Å². The van der Waals surface area contributed by atoms with Crippen LogP contribution in [0.25, 0.3) is 0 Å². The first-order valence-electron chi connectivity index (χ1n) is 11.2. The Morgan fingerprint density at radius 1 is 0.548 bits per heavy atom. The van der Waals surface area contributed by atoms with Gasteiger partial charge in [-0.2, -0.15) is 0 Å². The minimum absolute atomic E-state index is 0.245. The van der Waals surface area contributed by atoms with E-state index in [1.54, 1.807) is 0 Å². The summed E-state index contributed by atoms with van der Waals surface area (Å²) in [5.41, 5.74) is 5.76. The molecule has 2 rings (SSSR count). The van der Waals surface area contributed by atoms with Crippen LogP contribution in [0.2, 0.25) is 0 Å². The summed E-state index contributed by atoms with van der Waals surface area (Å²) in [5.74, 6) is 0.979. The Morgan fingerprint density at radius 3 is 1.03 bits per heavy atom. The van der Waals surface area contributed by atoms with Crippen LogP contribution in [0.5, 0.6) is 0 Å². The lowest BCUT2D eigenvalue weighted by Crippen LogP contribution is -2.38. The summed E-state index contributed by atoms with van der Waals surface area (Å²) >= 11 is 0. The van der Waals surface area contributed by atoms with Crippen LogP contribution in [-0.2, 0) is 0 Å². The number of amides is 4. The smallest absolute Gasteiger partial charge is 0.307 e. The highest BCUT2D eigenvalue weighted by Crippen LogP contribution is 2.33. The number of para-hydroxylation sites is 2. The number of urea groups is 2. The van der Waals surface area contributed by atoms with Gasteiger partial charge >= 0.3 is 12.1 Å². The van der Waals surface area contributed by atoms with Crippen molar-refractivity contribution in [1.82, 2.24) is 5.32 Å². The second-order valence-electron chi connectivity index (χ2n) is 9.27. The molecule has 0 unspecified atom stereocenters. The molecule has 0 aliphatic rings. The van der Waals surface area contributed by atoms with Gasteiger partial charge in [0.05, 0.1) is 0 Å². The van der Waals surface area contributed by atoms with Gasteiger partial charge in [-0.25, -0.2) is 9.59 Å². The molecule has 0 aliphatic heterocycles. The van der Waals surface area contributed by atoms with Crippen molar-refractivity contribution in [3.8, 4) is 0 Å². The molecule has 0 atom stereocenters. The predicted molar refractivity (Wildman–Crippen MR) is 130 cm³/mol. The van der Waals surface area contributed by atoms with Gasteiger partial charge in [0.2, 0.25) is 0 Å². The van der Waals surface area contributed by atoms with E-state index in [-0.39, 0.29) is 23.7 Å². The molecule has 0 radical (unpaired) electrons. The lowest BCUT2D eigenvalue weighted by atomic mass is 9.92. The molecule has 168 valence electrons. The van der Waals surface area contributed by atoms with E-state index in [0.29, 0.717) is 0 Å². The van der Waals surface area contributed by atoms with E-state index in [1.807, 2.05) is 36.4 Å². The van der Waals surface area contributed by atoms with E-state index < -0.39 is 12.1 Å². The molecular weight excluding hydrogens is 386 g/mol. The predicted octanol–water partition coefficient (Wildman–Crippen LogP) is 7.53. The van der Waals surface area contributed by atoms with Crippen molar-refractivity contribution in [3.05, 3.63) is 58.7 Å². The van der Waals surface area contributed by atoms with Crippen molar-refractivity contribution in [3.63, 3.8) is 0 Å². The second kappa shape index (κ2) is 10.5. The SMILES string of the molecule is CC(C)c1cccc(C(C)C)c1NC(=O)NC(=O)Nc1c(C(C)C)cccc1C(C)C. The first-order valence-corrected chi connectivity index (χ1v) is 11.2. The van der Waals surface area contributed by atoms with Crippen molar-refractivity contribution >= 4 is 23.4 Å². The van der Waals surface area contributed by atoms with Gasteiger partial charge in [-0.05, 0) is 45.9 Å². The minimum Gasteiger partial charge on any atom is -0.307 e. The van der Waals surface area contributed by atoms with E-state index in [4.69, 9.17) is 0 Å². The highest BCUT2D eigenvalue weighted by molar-refractivity contribution is 6.06. The van der Waals surface area contributed by atoms with Crippen LogP contribution in [0.3, 0.4) is 0 Å². The van der Waals surface area contributed by atoms with E-state index in [1.165, 1.54) is 0 Å². The zero-order chi connectivity index (χ0) is 23.3. The Kier molecular flexibility index (Phi) is 8.26. The molecule has 0 saturated heterocycles. The third-order valence-electron chi connectivity index (χ3n) is 5.45. The van der Waals surface area contributed by atoms with Crippen LogP contribution in [0.1, 0.15) is 101 Å². The van der Waals surface area contributed by atoms with Crippen molar-refractivity contribution in [2.75, 3.05) is 10.6 Å². The molecule has 0 bridgehead atoms. The number of rotatable bonds is 6. The van der Waals surface area contributed by atoms with Gasteiger partial charge < -0.3 is 10.6 Å². The van der Waals surface area contributed by atoms with Crippen molar-refractivity contribution in [2.45, 2.75) is 79.1 Å². The fourth-order valence-electron chi connectivity index (χ4n) is 3.78.